The van der Waals surface area contributed by atoms with Crippen molar-refractivity contribution in [2.24, 2.45) is 16.8 Å². The van der Waals surface area contributed by atoms with Crippen LogP contribution in [0, 0.1) is 5.92 Å². The van der Waals surface area contributed by atoms with Gasteiger partial charge in [-0.05, 0) is 25.0 Å². The summed E-state index contributed by atoms with van der Waals surface area (Å²) >= 11 is 0. The van der Waals surface area contributed by atoms with Crippen molar-refractivity contribution in [3.8, 4) is 0 Å². The molecule has 1 heterocycles. The van der Waals surface area contributed by atoms with Crippen LogP contribution in [0.3, 0.4) is 0 Å². The van der Waals surface area contributed by atoms with Crippen molar-refractivity contribution in [1.29, 1.82) is 0 Å². The van der Waals surface area contributed by atoms with Crippen LogP contribution < -0.4 is 10.6 Å². The van der Waals surface area contributed by atoms with E-state index in [1.54, 1.807) is 24.3 Å². The quantitative estimate of drug-likeness (QED) is 0.380. The number of halogens is 3. The summed E-state index contributed by atoms with van der Waals surface area (Å²) in [6.07, 6.45) is -4.00. The minimum absolute atomic E-state index is 0.0430. The van der Waals surface area contributed by atoms with Gasteiger partial charge in [-0.3, -0.25) is 0 Å². The van der Waals surface area contributed by atoms with E-state index in [0.717, 1.165) is 0 Å². The van der Waals surface area contributed by atoms with E-state index in [1.807, 2.05) is 4.90 Å². The summed E-state index contributed by atoms with van der Waals surface area (Å²) < 4.78 is 37.9. The van der Waals surface area contributed by atoms with E-state index in [4.69, 9.17) is 10.9 Å². The molecule has 0 aromatic heterocycles. The number of rotatable bonds is 2. The van der Waals surface area contributed by atoms with Gasteiger partial charge in [-0.15, -0.1) is 0 Å². The summed E-state index contributed by atoms with van der Waals surface area (Å²) in [6, 6.07) is 6.96. The fourth-order valence-corrected chi connectivity index (χ4v) is 2.47. The summed E-state index contributed by atoms with van der Waals surface area (Å²) in [5.41, 5.74) is 6.82. The van der Waals surface area contributed by atoms with E-state index in [-0.39, 0.29) is 18.7 Å². The normalized spacial score (nSPS) is 18.4. The molecule has 1 aliphatic rings. The Bertz CT molecular complexity index is 494. The summed E-state index contributed by atoms with van der Waals surface area (Å²) in [5.74, 6) is -1.28. The molecule has 3 N–H and O–H groups in total. The number of alkyl halides is 3. The largest absolute Gasteiger partial charge is 0.409 e. The number of hydrogen-bond donors (Lipinski definition) is 2. The average molecular weight is 287 g/mol. The second-order valence-corrected chi connectivity index (χ2v) is 4.81. The van der Waals surface area contributed by atoms with Crippen molar-refractivity contribution in [3.05, 3.63) is 29.8 Å². The lowest BCUT2D eigenvalue weighted by Crippen LogP contribution is -2.39. The molecular formula is C13H16F3N3O. The van der Waals surface area contributed by atoms with Gasteiger partial charge in [0.2, 0.25) is 0 Å². The maximum Gasteiger partial charge on any atom is 0.391 e. The summed E-state index contributed by atoms with van der Waals surface area (Å²) in [5, 5.41) is 11.7. The smallest absolute Gasteiger partial charge is 0.391 e. The maximum atomic E-state index is 12.6. The van der Waals surface area contributed by atoms with Crippen molar-refractivity contribution >= 4 is 11.5 Å². The number of amidine groups is 1. The van der Waals surface area contributed by atoms with Crippen LogP contribution in [0.4, 0.5) is 18.9 Å². The monoisotopic (exact) mass is 287 g/mol. The molecule has 7 heteroatoms. The van der Waals surface area contributed by atoms with Crippen LogP contribution in [0.2, 0.25) is 0 Å². The van der Waals surface area contributed by atoms with Crippen molar-refractivity contribution < 1.29 is 18.4 Å². The number of oxime groups is 1. The second kappa shape index (κ2) is 5.60. The molecule has 0 spiro atoms. The van der Waals surface area contributed by atoms with Crippen molar-refractivity contribution in [2.75, 3.05) is 18.0 Å². The van der Waals surface area contributed by atoms with E-state index >= 15 is 0 Å². The molecule has 1 fully saturated rings. The Hall–Kier alpha value is -1.92. The second-order valence-electron chi connectivity index (χ2n) is 4.81. The highest BCUT2D eigenvalue weighted by Crippen LogP contribution is 2.35. The molecule has 20 heavy (non-hydrogen) atoms. The Morgan fingerprint density at radius 3 is 2.40 bits per heavy atom. The Morgan fingerprint density at radius 2 is 1.85 bits per heavy atom. The highest BCUT2D eigenvalue weighted by molar-refractivity contribution is 6.02. The van der Waals surface area contributed by atoms with Crippen LogP contribution in [-0.2, 0) is 0 Å². The molecular weight excluding hydrogens is 271 g/mol. The van der Waals surface area contributed by atoms with Crippen LogP contribution in [0.1, 0.15) is 18.4 Å². The van der Waals surface area contributed by atoms with Gasteiger partial charge in [-0.1, -0.05) is 17.3 Å². The molecule has 110 valence electrons. The first-order valence-electron chi connectivity index (χ1n) is 6.32. The first kappa shape index (κ1) is 14.5. The van der Waals surface area contributed by atoms with E-state index in [1.165, 1.54) is 0 Å². The topological polar surface area (TPSA) is 61.9 Å². The van der Waals surface area contributed by atoms with Crippen LogP contribution in [0.5, 0.6) is 0 Å². The van der Waals surface area contributed by atoms with Gasteiger partial charge in [0.1, 0.15) is 0 Å². The standard InChI is InChI=1S/C13H16F3N3O/c14-13(15,16)9-5-7-19(8-6-9)11-4-2-1-3-10(11)12(17)18-20/h1-4,9,20H,5-8H2,(H2,17,18). The SMILES string of the molecule is NC(=NO)c1ccccc1N1CCC(C(F)(F)F)CC1. The molecule has 0 radical (unpaired) electrons. The molecule has 1 saturated heterocycles. The van der Waals surface area contributed by atoms with Crippen LogP contribution in [0.15, 0.2) is 29.4 Å². The molecule has 0 atom stereocenters. The van der Waals surface area contributed by atoms with Gasteiger partial charge in [0, 0.05) is 24.3 Å². The summed E-state index contributed by atoms with van der Waals surface area (Å²) in [7, 11) is 0. The van der Waals surface area contributed by atoms with E-state index in [2.05, 4.69) is 5.16 Å². The fraction of sp³-hybridized carbons (Fsp3) is 0.462. The highest BCUT2D eigenvalue weighted by atomic mass is 19.4. The zero-order chi connectivity index (χ0) is 14.8. The Morgan fingerprint density at radius 1 is 1.25 bits per heavy atom. The predicted octanol–water partition coefficient (Wildman–Crippen LogP) is 2.56. The molecule has 0 bridgehead atoms. The molecule has 0 amide bonds. The van der Waals surface area contributed by atoms with E-state index in [0.29, 0.717) is 24.3 Å². The molecule has 1 aliphatic heterocycles. The lowest BCUT2D eigenvalue weighted by Gasteiger charge is -2.35. The summed E-state index contributed by atoms with van der Waals surface area (Å²) in [6.45, 7) is 0.611. The van der Waals surface area contributed by atoms with Crippen LogP contribution >= 0.6 is 0 Å². The van der Waals surface area contributed by atoms with Gasteiger partial charge >= 0.3 is 6.18 Å². The molecule has 0 aliphatic carbocycles. The van der Waals surface area contributed by atoms with Crippen molar-refractivity contribution in [3.63, 3.8) is 0 Å². The highest BCUT2D eigenvalue weighted by Gasteiger charge is 2.41. The van der Waals surface area contributed by atoms with Gasteiger partial charge in [0.05, 0.1) is 5.92 Å². The average Bonchev–Trinajstić information content (AvgIpc) is 2.45. The third-order valence-electron chi connectivity index (χ3n) is 3.59. The number of benzene rings is 1. The fourth-order valence-electron chi connectivity index (χ4n) is 2.47. The summed E-state index contributed by atoms with van der Waals surface area (Å²) in [4.78, 5) is 1.84. The van der Waals surface area contributed by atoms with E-state index < -0.39 is 12.1 Å². The molecule has 2 rings (SSSR count). The molecule has 1 aromatic rings. The minimum Gasteiger partial charge on any atom is -0.409 e. The van der Waals surface area contributed by atoms with Crippen molar-refractivity contribution in [2.45, 2.75) is 19.0 Å². The molecule has 0 unspecified atom stereocenters. The first-order valence-corrected chi connectivity index (χ1v) is 6.32. The van der Waals surface area contributed by atoms with Gasteiger partial charge < -0.3 is 15.8 Å². The Kier molecular flexibility index (Phi) is 4.06. The number of hydrogen-bond acceptors (Lipinski definition) is 3. The number of para-hydroxylation sites is 1. The zero-order valence-corrected chi connectivity index (χ0v) is 10.8. The van der Waals surface area contributed by atoms with Crippen LogP contribution in [-0.4, -0.2) is 30.3 Å². The van der Waals surface area contributed by atoms with Gasteiger partial charge in [-0.25, -0.2) is 0 Å². The zero-order valence-electron chi connectivity index (χ0n) is 10.8. The third kappa shape index (κ3) is 2.97. The first-order chi connectivity index (χ1) is 9.43. The van der Waals surface area contributed by atoms with Gasteiger partial charge in [0.25, 0.3) is 0 Å². The lowest BCUT2D eigenvalue weighted by atomic mass is 9.95. The lowest BCUT2D eigenvalue weighted by molar-refractivity contribution is -0.179. The molecule has 1 aromatic carbocycles. The van der Waals surface area contributed by atoms with Crippen molar-refractivity contribution in [1.82, 2.24) is 0 Å². The number of nitrogens with zero attached hydrogens (tertiary/aromatic N) is 2. The third-order valence-corrected chi connectivity index (χ3v) is 3.59. The number of anilines is 1. The maximum absolute atomic E-state index is 12.6. The van der Waals surface area contributed by atoms with Crippen LogP contribution in [0.25, 0.3) is 0 Å². The number of piperidine rings is 1. The molecule has 0 saturated carbocycles. The molecule has 4 nitrogen and oxygen atoms in total. The van der Waals surface area contributed by atoms with Gasteiger partial charge in [-0.2, -0.15) is 13.2 Å². The van der Waals surface area contributed by atoms with E-state index in [9.17, 15) is 13.2 Å². The predicted molar refractivity (Wildman–Crippen MR) is 69.9 cm³/mol. The van der Waals surface area contributed by atoms with Gasteiger partial charge in [0.15, 0.2) is 5.84 Å². The number of nitrogens with two attached hydrogens (primary N) is 1. The Balaban J connectivity index is 2.15. The Labute approximate surface area is 114 Å². The minimum atomic E-state index is -4.13.